The molecule has 1 heterocycles. The average Bonchev–Trinajstić information content (AvgIpc) is 2.93. The molecule has 0 radical (unpaired) electrons. The fourth-order valence-corrected chi connectivity index (χ4v) is 2.94. The first kappa shape index (κ1) is 16.7. The lowest BCUT2D eigenvalue weighted by Crippen LogP contribution is -2.41. The lowest BCUT2D eigenvalue weighted by atomic mass is 10.1. The lowest BCUT2D eigenvalue weighted by molar-refractivity contribution is 0.0712. The molecule has 1 aliphatic heterocycles. The van der Waals surface area contributed by atoms with E-state index in [1.54, 1.807) is 6.92 Å². The number of hydrogen-bond donors (Lipinski definition) is 2. The van der Waals surface area contributed by atoms with Crippen LogP contribution in [0.3, 0.4) is 0 Å². The van der Waals surface area contributed by atoms with Crippen LogP contribution in [0.2, 0.25) is 0 Å². The van der Waals surface area contributed by atoms with Crippen molar-refractivity contribution in [3.63, 3.8) is 0 Å². The number of hydrogen-bond acceptors (Lipinski definition) is 4. The van der Waals surface area contributed by atoms with E-state index in [-0.39, 0.29) is 23.4 Å². The Balaban J connectivity index is 2.18. The molecule has 1 saturated heterocycles. The number of sulfonamides is 1. The van der Waals surface area contributed by atoms with E-state index in [4.69, 9.17) is 4.74 Å². The zero-order chi connectivity index (χ0) is 16.3. The Morgan fingerprint density at radius 3 is 2.77 bits per heavy atom. The first-order valence-electron chi connectivity index (χ1n) is 6.96. The summed E-state index contributed by atoms with van der Waals surface area (Å²) in [4.78, 5) is 12.3. The number of amides is 1. The summed E-state index contributed by atoms with van der Waals surface area (Å²) in [5.41, 5.74) is -0.0174. The van der Waals surface area contributed by atoms with Gasteiger partial charge in [-0.3, -0.25) is 9.52 Å². The number of anilines is 1. The van der Waals surface area contributed by atoms with E-state index in [0.29, 0.717) is 6.61 Å². The lowest BCUT2D eigenvalue weighted by Gasteiger charge is -2.21. The maximum Gasteiger partial charge on any atom is 0.253 e. The molecule has 8 heteroatoms. The third kappa shape index (κ3) is 4.41. The fraction of sp³-hybridized carbons (Fsp3) is 0.500. The molecule has 0 saturated carbocycles. The van der Waals surface area contributed by atoms with Crippen LogP contribution in [-0.4, -0.2) is 39.3 Å². The summed E-state index contributed by atoms with van der Waals surface area (Å²) in [5.74, 6) is -1.16. The molecule has 0 bridgehead atoms. The summed E-state index contributed by atoms with van der Waals surface area (Å²) in [6, 6.07) is 3.07. The molecule has 2 atom stereocenters. The molecule has 1 amide bonds. The Morgan fingerprint density at radius 2 is 2.18 bits per heavy atom. The molecule has 22 heavy (non-hydrogen) atoms. The topological polar surface area (TPSA) is 84.5 Å². The van der Waals surface area contributed by atoms with E-state index in [2.05, 4.69) is 10.0 Å². The van der Waals surface area contributed by atoms with Gasteiger partial charge in [0.25, 0.3) is 5.91 Å². The minimum atomic E-state index is -3.57. The van der Waals surface area contributed by atoms with Crippen LogP contribution in [-0.2, 0) is 14.8 Å². The summed E-state index contributed by atoms with van der Waals surface area (Å²) < 4.78 is 43.8. The zero-order valence-corrected chi connectivity index (χ0v) is 13.2. The van der Waals surface area contributed by atoms with Gasteiger partial charge in [-0.2, -0.15) is 0 Å². The normalized spacial score (nSPS) is 19.7. The van der Waals surface area contributed by atoms with Crippen LogP contribution in [0.25, 0.3) is 0 Å². The maximum atomic E-state index is 13.4. The Morgan fingerprint density at radius 1 is 1.45 bits per heavy atom. The third-order valence-corrected chi connectivity index (χ3v) is 3.99. The van der Waals surface area contributed by atoms with Crippen molar-refractivity contribution in [1.82, 2.24) is 5.32 Å². The molecule has 1 fully saturated rings. The SMILES string of the molecule is C[C@H](NC(=O)c1cc(F)ccc1NS(C)(=O)=O)[C@@H]1CCCO1. The predicted octanol–water partition coefficient (Wildman–Crippen LogP) is 1.49. The summed E-state index contributed by atoms with van der Waals surface area (Å²) >= 11 is 0. The largest absolute Gasteiger partial charge is 0.376 e. The predicted molar refractivity (Wildman–Crippen MR) is 80.8 cm³/mol. The van der Waals surface area contributed by atoms with Crippen LogP contribution in [0.4, 0.5) is 10.1 Å². The monoisotopic (exact) mass is 330 g/mol. The number of carbonyl (C=O) groups is 1. The number of rotatable bonds is 5. The van der Waals surface area contributed by atoms with Crippen LogP contribution in [0.5, 0.6) is 0 Å². The summed E-state index contributed by atoms with van der Waals surface area (Å²) in [5, 5.41) is 2.73. The van der Waals surface area contributed by atoms with Crippen LogP contribution >= 0.6 is 0 Å². The van der Waals surface area contributed by atoms with Gasteiger partial charge in [0.2, 0.25) is 10.0 Å². The van der Waals surface area contributed by atoms with Crippen LogP contribution in [0.1, 0.15) is 30.1 Å². The second-order valence-corrected chi connectivity index (χ2v) is 7.13. The molecule has 2 N–H and O–H groups in total. The van der Waals surface area contributed by atoms with Crippen molar-refractivity contribution >= 4 is 21.6 Å². The summed E-state index contributed by atoms with van der Waals surface area (Å²) in [6.45, 7) is 2.46. The van der Waals surface area contributed by atoms with Gasteiger partial charge in [-0.25, -0.2) is 12.8 Å². The quantitative estimate of drug-likeness (QED) is 0.857. The van der Waals surface area contributed by atoms with E-state index in [0.717, 1.165) is 31.2 Å². The van der Waals surface area contributed by atoms with Crippen molar-refractivity contribution in [2.24, 2.45) is 0 Å². The smallest absolute Gasteiger partial charge is 0.253 e. The van der Waals surface area contributed by atoms with Crippen molar-refractivity contribution < 1.29 is 22.3 Å². The highest BCUT2D eigenvalue weighted by molar-refractivity contribution is 7.92. The Kier molecular flexibility index (Phi) is 5.02. The highest BCUT2D eigenvalue weighted by Crippen LogP contribution is 2.20. The van der Waals surface area contributed by atoms with E-state index >= 15 is 0 Å². The van der Waals surface area contributed by atoms with Crippen molar-refractivity contribution in [2.45, 2.75) is 31.9 Å². The molecule has 1 aliphatic rings. The van der Waals surface area contributed by atoms with Gasteiger partial charge in [0.05, 0.1) is 29.7 Å². The van der Waals surface area contributed by atoms with Gasteiger partial charge in [-0.15, -0.1) is 0 Å². The van der Waals surface area contributed by atoms with Crippen LogP contribution in [0, 0.1) is 5.82 Å². The molecule has 1 aromatic rings. The van der Waals surface area contributed by atoms with E-state index in [1.165, 1.54) is 6.07 Å². The maximum absolute atomic E-state index is 13.4. The molecule has 2 rings (SSSR count). The van der Waals surface area contributed by atoms with Crippen molar-refractivity contribution in [1.29, 1.82) is 0 Å². The minimum Gasteiger partial charge on any atom is -0.376 e. The van der Waals surface area contributed by atoms with Gasteiger partial charge in [0, 0.05) is 6.61 Å². The van der Waals surface area contributed by atoms with Gasteiger partial charge in [-0.1, -0.05) is 0 Å². The van der Waals surface area contributed by atoms with Crippen LogP contribution < -0.4 is 10.0 Å². The Labute approximate surface area is 129 Å². The van der Waals surface area contributed by atoms with Gasteiger partial charge >= 0.3 is 0 Å². The molecule has 1 aromatic carbocycles. The molecule has 0 aliphatic carbocycles. The second-order valence-electron chi connectivity index (χ2n) is 5.38. The number of benzene rings is 1. The van der Waals surface area contributed by atoms with E-state index < -0.39 is 21.7 Å². The molecule has 0 unspecified atom stereocenters. The standard InChI is InChI=1S/C14H19FN2O4S/c1-9(13-4-3-7-21-13)16-14(18)11-8-10(15)5-6-12(11)17-22(2,19)20/h5-6,8-9,13,17H,3-4,7H2,1-2H3,(H,16,18)/t9-,13-/m0/s1. The average molecular weight is 330 g/mol. The second kappa shape index (κ2) is 6.62. The number of carbonyl (C=O) groups excluding carboxylic acids is 1. The van der Waals surface area contributed by atoms with Gasteiger partial charge < -0.3 is 10.1 Å². The summed E-state index contributed by atoms with van der Waals surface area (Å²) in [6.07, 6.45) is 2.67. The van der Waals surface area contributed by atoms with Gasteiger partial charge in [0.1, 0.15) is 5.82 Å². The number of ether oxygens (including phenoxy) is 1. The molecule has 0 spiro atoms. The highest BCUT2D eigenvalue weighted by atomic mass is 32.2. The highest BCUT2D eigenvalue weighted by Gasteiger charge is 2.25. The zero-order valence-electron chi connectivity index (χ0n) is 12.4. The molecular weight excluding hydrogens is 311 g/mol. The van der Waals surface area contributed by atoms with Gasteiger partial charge in [-0.05, 0) is 38.0 Å². The number of nitrogens with one attached hydrogen (secondary N) is 2. The van der Waals surface area contributed by atoms with E-state index in [1.807, 2.05) is 0 Å². The van der Waals surface area contributed by atoms with Crippen molar-refractivity contribution in [3.8, 4) is 0 Å². The number of halogens is 1. The Bertz CT molecular complexity index is 657. The minimum absolute atomic E-state index is 0.0425. The van der Waals surface area contributed by atoms with Crippen molar-refractivity contribution in [2.75, 3.05) is 17.6 Å². The first-order valence-corrected chi connectivity index (χ1v) is 8.85. The van der Waals surface area contributed by atoms with Crippen LogP contribution in [0.15, 0.2) is 18.2 Å². The molecule has 122 valence electrons. The summed E-state index contributed by atoms with van der Waals surface area (Å²) in [7, 11) is -3.57. The molecule has 0 aromatic heterocycles. The molecular formula is C14H19FN2O4S. The van der Waals surface area contributed by atoms with E-state index in [9.17, 15) is 17.6 Å². The Hall–Kier alpha value is -1.67. The first-order chi connectivity index (χ1) is 10.3. The third-order valence-electron chi connectivity index (χ3n) is 3.40. The van der Waals surface area contributed by atoms with Gasteiger partial charge in [0.15, 0.2) is 0 Å². The van der Waals surface area contributed by atoms with Crippen molar-refractivity contribution in [3.05, 3.63) is 29.6 Å². The fourth-order valence-electron chi connectivity index (χ4n) is 2.37. The molecule has 6 nitrogen and oxygen atoms in total.